The molecule has 0 spiro atoms. The fraction of sp³-hybridized carbons (Fsp3) is 0. The van der Waals surface area contributed by atoms with Gasteiger partial charge in [-0.3, -0.25) is 14.9 Å². The van der Waals surface area contributed by atoms with Gasteiger partial charge in [0.15, 0.2) is 4.98 Å². The Kier molecular flexibility index (Phi) is 3.12. The van der Waals surface area contributed by atoms with Gasteiger partial charge in [0.05, 0.1) is 4.92 Å². The second-order valence-electron chi connectivity index (χ2n) is 4.63. The number of diazo groups is 1. The van der Waals surface area contributed by atoms with E-state index < -0.39 is 4.92 Å². The molecular weight excluding hydrogens is 284 g/mol. The summed E-state index contributed by atoms with van der Waals surface area (Å²) in [5.74, 6) is -0.373. The zero-order valence-corrected chi connectivity index (χ0v) is 11.2. The van der Waals surface area contributed by atoms with Crippen LogP contribution in [0.1, 0.15) is 15.9 Å². The molecule has 22 heavy (non-hydrogen) atoms. The van der Waals surface area contributed by atoms with Crippen molar-refractivity contribution < 1.29 is 9.72 Å². The molecule has 7 heteroatoms. The van der Waals surface area contributed by atoms with E-state index in [1.165, 1.54) is 24.3 Å². The normalized spacial score (nSPS) is 12.8. The third-order valence-corrected chi connectivity index (χ3v) is 3.34. The largest absolute Gasteiger partial charge is 0.455 e. The Labute approximate surface area is 124 Å². The van der Waals surface area contributed by atoms with Crippen molar-refractivity contribution in [3.05, 3.63) is 80.4 Å². The maximum absolute atomic E-state index is 12.1. The van der Waals surface area contributed by atoms with Crippen molar-refractivity contribution in [1.82, 2.24) is 0 Å². The molecule has 0 heterocycles. The average Bonchev–Trinajstić information content (AvgIpc) is 2.80. The lowest BCUT2D eigenvalue weighted by molar-refractivity contribution is -0.384. The zero-order chi connectivity index (χ0) is 15.7. The average molecular weight is 293 g/mol. The number of benzene rings is 2. The van der Waals surface area contributed by atoms with Gasteiger partial charge in [-0.25, -0.2) is 0 Å². The summed E-state index contributed by atoms with van der Waals surface area (Å²) in [4.78, 5) is 25.3. The van der Waals surface area contributed by atoms with E-state index in [0.717, 1.165) is 0 Å². The van der Waals surface area contributed by atoms with Crippen LogP contribution in [0.2, 0.25) is 0 Å². The van der Waals surface area contributed by atoms with Crippen molar-refractivity contribution in [3.63, 3.8) is 0 Å². The fourth-order valence-electron chi connectivity index (χ4n) is 2.30. The lowest BCUT2D eigenvalue weighted by Crippen LogP contribution is -1.99. The Hall–Kier alpha value is -3.53. The number of nitro benzene ring substituents is 1. The van der Waals surface area contributed by atoms with Crippen LogP contribution in [0.15, 0.2) is 54.2 Å². The number of nitrogens with zero attached hydrogens (tertiary/aromatic N) is 3. The molecule has 0 aromatic heterocycles. The second kappa shape index (κ2) is 5.10. The predicted molar refractivity (Wildman–Crippen MR) is 79.5 cm³/mol. The Bertz CT molecular complexity index is 863. The van der Waals surface area contributed by atoms with Crippen LogP contribution in [0, 0.1) is 15.5 Å². The summed E-state index contributed by atoms with van der Waals surface area (Å²) in [5, 5.41) is 22.7. The molecule has 0 radical (unpaired) electrons. The summed E-state index contributed by atoms with van der Waals surface area (Å²) >= 11 is 0. The van der Waals surface area contributed by atoms with E-state index in [-0.39, 0.29) is 17.2 Å². The first kappa shape index (κ1) is 13.5. The first-order valence-corrected chi connectivity index (χ1v) is 6.37. The quantitative estimate of drug-likeness (QED) is 0.531. The van der Waals surface area contributed by atoms with Gasteiger partial charge < -0.3 is 5.32 Å². The molecule has 0 saturated carbocycles. The predicted octanol–water partition coefficient (Wildman–Crippen LogP) is 3.42. The summed E-state index contributed by atoms with van der Waals surface area (Å²) in [7, 11) is 0. The molecule has 2 aromatic carbocycles. The fourth-order valence-corrected chi connectivity index (χ4v) is 2.30. The van der Waals surface area contributed by atoms with Gasteiger partial charge in [-0.2, -0.15) is 0 Å². The van der Waals surface area contributed by atoms with Crippen molar-refractivity contribution in [2.24, 2.45) is 0 Å². The Balaban J connectivity index is 2.00. The minimum absolute atomic E-state index is 0.0329. The third-order valence-electron chi connectivity index (χ3n) is 3.34. The minimum atomic E-state index is -0.494. The highest BCUT2D eigenvalue weighted by molar-refractivity contribution is 6.22. The first-order valence-electron chi connectivity index (χ1n) is 6.37. The van der Waals surface area contributed by atoms with E-state index in [9.17, 15) is 14.9 Å². The first-order chi connectivity index (χ1) is 10.6. The van der Waals surface area contributed by atoms with Crippen LogP contribution in [0.4, 0.5) is 11.4 Å². The molecule has 0 bridgehead atoms. The number of fused-ring (bicyclic) bond motifs is 1. The van der Waals surface area contributed by atoms with Gasteiger partial charge in [0.2, 0.25) is 5.39 Å². The molecule has 1 N–H and O–H groups in total. The van der Waals surface area contributed by atoms with Gasteiger partial charge in [-0.05, 0) is 12.1 Å². The highest BCUT2D eigenvalue weighted by atomic mass is 16.6. The van der Waals surface area contributed by atoms with Gasteiger partial charge in [-0.1, -0.05) is 24.3 Å². The van der Waals surface area contributed by atoms with Crippen LogP contribution in [-0.4, -0.2) is 10.7 Å². The molecule has 0 unspecified atom stereocenters. The molecule has 106 valence electrons. The highest BCUT2D eigenvalue weighted by Crippen LogP contribution is 2.34. The number of rotatable bonds is 3. The minimum Gasteiger partial charge on any atom is -0.348 e. The number of anilines is 1. The van der Waals surface area contributed by atoms with Crippen LogP contribution in [0.25, 0.3) is 10.7 Å². The summed E-state index contributed by atoms with van der Waals surface area (Å²) < 4.78 is 0. The highest BCUT2D eigenvalue weighted by Gasteiger charge is 2.39. The molecule has 2 aromatic rings. The number of hydrogen-bond acceptors (Lipinski definition) is 5. The van der Waals surface area contributed by atoms with Crippen molar-refractivity contribution in [2.75, 3.05) is 5.32 Å². The number of Topliss-reactive ketones (excluding diaryl/α,β-unsaturated/α-hetero) is 1. The lowest BCUT2D eigenvalue weighted by Gasteiger charge is -2.06. The number of allylic oxidation sites excluding steroid dienone is 1. The Morgan fingerprint density at radius 3 is 2.27 bits per heavy atom. The smallest absolute Gasteiger partial charge is 0.348 e. The molecule has 1 aliphatic carbocycles. The van der Waals surface area contributed by atoms with Crippen molar-refractivity contribution in [2.45, 2.75) is 0 Å². The summed E-state index contributed by atoms with van der Waals surface area (Å²) in [6.07, 6.45) is 0. The van der Waals surface area contributed by atoms with E-state index in [0.29, 0.717) is 22.5 Å². The Morgan fingerprint density at radius 1 is 1.05 bits per heavy atom. The Morgan fingerprint density at radius 2 is 1.68 bits per heavy atom. The standard InChI is InChI=1S/C15H8N4O3/c16-18-14-13(11-3-1-2-4-12(11)15(14)20)17-9-5-7-10(8-6-9)19(21)22/h1-8H/p+1. The van der Waals surface area contributed by atoms with E-state index in [1.54, 1.807) is 24.3 Å². The molecule has 0 fully saturated rings. The maximum Gasteiger partial charge on any atom is 0.455 e. The molecule has 0 amide bonds. The van der Waals surface area contributed by atoms with Gasteiger partial charge in [0.25, 0.3) is 11.5 Å². The third kappa shape index (κ3) is 2.09. The van der Waals surface area contributed by atoms with Gasteiger partial charge in [0, 0.05) is 28.9 Å². The molecule has 7 nitrogen and oxygen atoms in total. The summed E-state index contributed by atoms with van der Waals surface area (Å²) in [5.41, 5.74) is 1.87. The molecule has 3 rings (SSSR count). The van der Waals surface area contributed by atoms with E-state index in [4.69, 9.17) is 5.39 Å². The van der Waals surface area contributed by atoms with Crippen LogP contribution >= 0.6 is 0 Å². The molecule has 0 atom stereocenters. The SMILES string of the molecule is N#[N+]C1=C(Nc2ccc([N+](=O)[O-])cc2)c2ccccc2C1=O. The van der Waals surface area contributed by atoms with Crippen molar-refractivity contribution >= 4 is 22.9 Å². The monoisotopic (exact) mass is 293 g/mol. The van der Waals surface area contributed by atoms with Gasteiger partial charge >= 0.3 is 5.70 Å². The molecule has 1 aliphatic rings. The zero-order valence-electron chi connectivity index (χ0n) is 11.2. The van der Waals surface area contributed by atoms with Gasteiger partial charge in [-0.15, -0.1) is 0 Å². The van der Waals surface area contributed by atoms with Crippen LogP contribution in [-0.2, 0) is 0 Å². The number of carbonyl (C=O) groups is 1. The molecule has 0 aliphatic heterocycles. The summed E-state index contributed by atoms with van der Waals surface area (Å²) in [6, 6.07) is 12.6. The maximum atomic E-state index is 12.1. The number of hydrogen-bond donors (Lipinski definition) is 1. The van der Waals surface area contributed by atoms with Crippen LogP contribution < -0.4 is 5.32 Å². The lowest BCUT2D eigenvalue weighted by atomic mass is 10.1. The van der Waals surface area contributed by atoms with Crippen LogP contribution in [0.5, 0.6) is 0 Å². The van der Waals surface area contributed by atoms with E-state index in [1.807, 2.05) is 0 Å². The number of nitro groups is 1. The number of non-ortho nitro benzene ring substituents is 1. The molecular formula is C15H9N4O3+. The van der Waals surface area contributed by atoms with E-state index >= 15 is 0 Å². The molecule has 0 saturated heterocycles. The number of ketones is 1. The van der Waals surface area contributed by atoms with Crippen molar-refractivity contribution in [3.8, 4) is 0 Å². The van der Waals surface area contributed by atoms with E-state index in [2.05, 4.69) is 10.3 Å². The van der Waals surface area contributed by atoms with Gasteiger partial charge in [0.1, 0.15) is 5.70 Å². The topological polar surface area (TPSA) is 100 Å². The number of carbonyl (C=O) groups excluding carboxylic acids is 1. The number of nitrogens with one attached hydrogen (secondary N) is 1. The van der Waals surface area contributed by atoms with Crippen LogP contribution in [0.3, 0.4) is 0 Å². The van der Waals surface area contributed by atoms with Crippen molar-refractivity contribution in [1.29, 1.82) is 5.39 Å². The summed E-state index contributed by atoms with van der Waals surface area (Å²) in [6.45, 7) is 0. The second-order valence-corrected chi connectivity index (χ2v) is 4.63.